The summed E-state index contributed by atoms with van der Waals surface area (Å²) < 4.78 is 5.59. The van der Waals surface area contributed by atoms with Gasteiger partial charge in [0.15, 0.2) is 5.78 Å². The highest BCUT2D eigenvalue weighted by atomic mass is 16.6. The number of piperazine rings is 1. The first-order chi connectivity index (χ1) is 15.9. The third-order valence-corrected chi connectivity index (χ3v) is 6.76. The number of pyridine rings is 1. The molecular weight excluding hydrogens is 414 g/mol. The molecule has 1 aromatic heterocycles. The van der Waals surface area contributed by atoms with E-state index in [4.69, 9.17) is 9.72 Å². The second-order valence-electron chi connectivity index (χ2n) is 9.49. The summed E-state index contributed by atoms with van der Waals surface area (Å²) in [4.78, 5) is 33.2. The Balaban J connectivity index is 1.38. The van der Waals surface area contributed by atoms with Gasteiger partial charge in [0.1, 0.15) is 12.3 Å². The number of nitrogens with one attached hydrogen (secondary N) is 1. The number of carbonyl (C=O) groups excluding carboxylic acids is 2. The molecule has 1 atom stereocenters. The van der Waals surface area contributed by atoms with E-state index in [-0.39, 0.29) is 12.4 Å². The monoisotopic (exact) mass is 443 g/mol. The summed E-state index contributed by atoms with van der Waals surface area (Å²) in [6.07, 6.45) is 1.82. The Bertz CT molecular complexity index is 1190. The Morgan fingerprint density at radius 2 is 1.82 bits per heavy atom. The van der Waals surface area contributed by atoms with Crippen LogP contribution in [0.25, 0.3) is 10.8 Å². The molecule has 1 amide bonds. The molecule has 0 spiro atoms. The number of amides is 1. The van der Waals surface area contributed by atoms with E-state index in [9.17, 15) is 9.59 Å². The van der Waals surface area contributed by atoms with Crippen LogP contribution < -0.4 is 5.32 Å². The van der Waals surface area contributed by atoms with E-state index in [1.54, 1.807) is 4.90 Å². The fraction of sp³-hybridized carbons (Fsp3) is 0.370. The van der Waals surface area contributed by atoms with Gasteiger partial charge in [0.25, 0.3) is 0 Å². The highest BCUT2D eigenvalue weighted by molar-refractivity contribution is 6.03. The van der Waals surface area contributed by atoms with Crippen molar-refractivity contribution in [1.82, 2.24) is 15.2 Å². The van der Waals surface area contributed by atoms with Crippen molar-refractivity contribution in [3.8, 4) is 0 Å². The highest BCUT2D eigenvalue weighted by Gasteiger charge is 2.46. The van der Waals surface area contributed by atoms with Crippen LogP contribution in [0.3, 0.4) is 0 Å². The van der Waals surface area contributed by atoms with Crippen LogP contribution in [-0.4, -0.2) is 46.4 Å². The smallest absolute Gasteiger partial charge is 0.410 e. The predicted molar refractivity (Wildman–Crippen MR) is 127 cm³/mol. The Kier molecular flexibility index (Phi) is 5.62. The van der Waals surface area contributed by atoms with E-state index in [1.165, 1.54) is 0 Å². The Morgan fingerprint density at radius 3 is 2.58 bits per heavy atom. The number of fused-ring (bicyclic) bond motifs is 1. The van der Waals surface area contributed by atoms with Crippen molar-refractivity contribution < 1.29 is 14.3 Å². The molecule has 170 valence electrons. The van der Waals surface area contributed by atoms with Crippen LogP contribution in [0.4, 0.5) is 4.79 Å². The van der Waals surface area contributed by atoms with Crippen LogP contribution in [-0.2, 0) is 11.3 Å². The maximum atomic E-state index is 13.7. The molecule has 1 N–H and O–H groups in total. The molecule has 1 saturated carbocycles. The molecule has 6 heteroatoms. The molecule has 6 nitrogen and oxygen atoms in total. The number of hydrogen-bond donors (Lipinski definition) is 1. The number of aromatic nitrogens is 1. The van der Waals surface area contributed by atoms with Crippen molar-refractivity contribution in [1.29, 1.82) is 0 Å². The van der Waals surface area contributed by atoms with Crippen LogP contribution >= 0.6 is 0 Å². The van der Waals surface area contributed by atoms with Gasteiger partial charge < -0.3 is 10.1 Å². The van der Waals surface area contributed by atoms with Crippen LogP contribution in [0, 0.1) is 0 Å². The molecule has 33 heavy (non-hydrogen) atoms. The number of rotatable bonds is 5. The van der Waals surface area contributed by atoms with Crippen molar-refractivity contribution in [2.75, 3.05) is 13.1 Å². The highest BCUT2D eigenvalue weighted by Crippen LogP contribution is 2.42. The molecule has 5 rings (SSSR count). The second-order valence-corrected chi connectivity index (χ2v) is 9.49. The first kappa shape index (κ1) is 21.6. The first-order valence-electron chi connectivity index (χ1n) is 11.6. The summed E-state index contributed by atoms with van der Waals surface area (Å²) >= 11 is 0. The number of carbonyl (C=O) groups is 2. The van der Waals surface area contributed by atoms with Crippen LogP contribution in [0.5, 0.6) is 0 Å². The lowest BCUT2D eigenvalue weighted by atomic mass is 9.85. The van der Waals surface area contributed by atoms with Gasteiger partial charge in [-0.2, -0.15) is 0 Å². The Hall–Kier alpha value is -3.25. The summed E-state index contributed by atoms with van der Waals surface area (Å²) in [5.74, 6) is 0.340. The molecule has 2 heterocycles. The Labute approximate surface area is 194 Å². The fourth-order valence-electron chi connectivity index (χ4n) is 4.72. The standard InChI is InChI=1S/C27H29N3O3/c1-27(2)25(28-14-15-30(27)26(32)33-17-18-8-4-3-5-9-18)24(31)22-16-20-10-6-7-11-21(20)23(29-22)19-12-13-19/h3-11,16,19,25,28H,12-15,17H2,1-2H3. The minimum atomic E-state index is -0.768. The summed E-state index contributed by atoms with van der Waals surface area (Å²) in [6.45, 7) is 5.02. The van der Waals surface area contributed by atoms with E-state index in [0.29, 0.717) is 24.7 Å². The van der Waals surface area contributed by atoms with Crippen molar-refractivity contribution >= 4 is 22.6 Å². The number of benzene rings is 2. The topological polar surface area (TPSA) is 71.5 Å². The molecule has 0 bridgehead atoms. The molecule has 2 fully saturated rings. The van der Waals surface area contributed by atoms with Gasteiger partial charge in [0, 0.05) is 24.4 Å². The third-order valence-electron chi connectivity index (χ3n) is 6.76. The number of Topliss-reactive ketones (excluding diaryl/α,β-unsaturated/α-hetero) is 1. The van der Waals surface area contributed by atoms with Gasteiger partial charge in [-0.25, -0.2) is 9.78 Å². The summed E-state index contributed by atoms with van der Waals surface area (Å²) in [5.41, 5.74) is 1.64. The molecule has 1 unspecified atom stereocenters. The summed E-state index contributed by atoms with van der Waals surface area (Å²) in [5, 5.41) is 5.50. The van der Waals surface area contributed by atoms with E-state index in [1.807, 2.05) is 68.4 Å². The number of nitrogens with zero attached hydrogens (tertiary/aromatic N) is 2. The van der Waals surface area contributed by atoms with Gasteiger partial charge in [0.05, 0.1) is 17.3 Å². The van der Waals surface area contributed by atoms with Gasteiger partial charge in [-0.05, 0) is 43.7 Å². The maximum Gasteiger partial charge on any atom is 0.410 e. The minimum absolute atomic E-state index is 0.0896. The maximum absolute atomic E-state index is 13.7. The van der Waals surface area contributed by atoms with Gasteiger partial charge in [-0.3, -0.25) is 9.69 Å². The van der Waals surface area contributed by atoms with E-state index >= 15 is 0 Å². The number of hydrogen-bond acceptors (Lipinski definition) is 5. The lowest BCUT2D eigenvalue weighted by Gasteiger charge is -2.46. The normalized spacial score (nSPS) is 19.9. The van der Waals surface area contributed by atoms with Crippen LogP contribution in [0.15, 0.2) is 60.7 Å². The van der Waals surface area contributed by atoms with E-state index < -0.39 is 17.7 Å². The molecule has 1 aliphatic heterocycles. The molecular formula is C27H29N3O3. The van der Waals surface area contributed by atoms with E-state index in [2.05, 4.69) is 11.4 Å². The molecule has 1 saturated heterocycles. The van der Waals surface area contributed by atoms with Gasteiger partial charge >= 0.3 is 6.09 Å². The zero-order chi connectivity index (χ0) is 23.0. The van der Waals surface area contributed by atoms with Crippen molar-refractivity contribution in [2.45, 2.75) is 50.8 Å². The SMILES string of the molecule is CC1(C)C(C(=O)c2cc3ccccc3c(C3CC3)n2)NCCN1C(=O)OCc1ccccc1. The average Bonchev–Trinajstić information content (AvgIpc) is 3.67. The number of ketones is 1. The molecule has 0 radical (unpaired) electrons. The average molecular weight is 444 g/mol. The lowest BCUT2D eigenvalue weighted by molar-refractivity contribution is 0.0251. The van der Waals surface area contributed by atoms with E-state index in [0.717, 1.165) is 34.9 Å². The number of ether oxygens (including phenoxy) is 1. The Morgan fingerprint density at radius 1 is 1.09 bits per heavy atom. The summed E-state index contributed by atoms with van der Waals surface area (Å²) in [7, 11) is 0. The van der Waals surface area contributed by atoms with Crippen molar-refractivity contribution in [3.63, 3.8) is 0 Å². The zero-order valence-electron chi connectivity index (χ0n) is 19.1. The third kappa shape index (κ3) is 4.23. The van der Waals surface area contributed by atoms with Crippen molar-refractivity contribution in [3.05, 3.63) is 77.6 Å². The second kappa shape index (κ2) is 8.60. The van der Waals surface area contributed by atoms with Gasteiger partial charge in [-0.15, -0.1) is 0 Å². The summed E-state index contributed by atoms with van der Waals surface area (Å²) in [6, 6.07) is 19.0. The zero-order valence-corrected chi connectivity index (χ0v) is 19.1. The quantitative estimate of drug-likeness (QED) is 0.580. The first-order valence-corrected chi connectivity index (χ1v) is 11.6. The van der Waals surface area contributed by atoms with Crippen molar-refractivity contribution in [2.24, 2.45) is 0 Å². The molecule has 2 aliphatic rings. The largest absolute Gasteiger partial charge is 0.445 e. The van der Waals surface area contributed by atoms with Gasteiger partial charge in [-0.1, -0.05) is 54.6 Å². The molecule has 3 aromatic rings. The van der Waals surface area contributed by atoms with Gasteiger partial charge in [0.2, 0.25) is 0 Å². The van der Waals surface area contributed by atoms with Crippen LogP contribution in [0.2, 0.25) is 0 Å². The molecule has 2 aromatic carbocycles. The minimum Gasteiger partial charge on any atom is -0.445 e. The van der Waals surface area contributed by atoms with Crippen LogP contribution in [0.1, 0.15) is 54.4 Å². The lowest BCUT2D eigenvalue weighted by Crippen LogP contribution is -2.68. The predicted octanol–water partition coefficient (Wildman–Crippen LogP) is 4.68. The fourth-order valence-corrected chi connectivity index (χ4v) is 4.72. The molecule has 1 aliphatic carbocycles.